The summed E-state index contributed by atoms with van der Waals surface area (Å²) in [5.74, 6) is -0.522. The second-order valence-corrected chi connectivity index (χ2v) is 8.47. The number of amides is 1. The van der Waals surface area contributed by atoms with Gasteiger partial charge in [0.25, 0.3) is 0 Å². The molecule has 0 unspecified atom stereocenters. The Hall–Kier alpha value is -4.33. The van der Waals surface area contributed by atoms with Gasteiger partial charge in [-0.3, -0.25) is 14.5 Å². The maximum Gasteiger partial charge on any atom is 0.321 e. The van der Waals surface area contributed by atoms with Crippen molar-refractivity contribution in [2.45, 2.75) is 19.5 Å². The van der Waals surface area contributed by atoms with Crippen LogP contribution in [0.5, 0.6) is 11.5 Å². The monoisotopic (exact) mass is 485 g/mol. The topological polar surface area (TPSA) is 82.9 Å². The van der Waals surface area contributed by atoms with Gasteiger partial charge < -0.3 is 18.8 Å². The van der Waals surface area contributed by atoms with Gasteiger partial charge in [-0.2, -0.15) is 0 Å². The van der Waals surface area contributed by atoms with Gasteiger partial charge in [0.15, 0.2) is 17.4 Å². The Morgan fingerprint density at radius 1 is 0.944 bits per heavy atom. The van der Waals surface area contributed by atoms with Crippen LogP contribution in [-0.4, -0.2) is 42.3 Å². The van der Waals surface area contributed by atoms with Gasteiger partial charge in [0.2, 0.25) is 11.9 Å². The SMILES string of the molecule is CCOC(=O)[C@H]1C(=O)N(Cc2ccccc2)c2nc3ccccc3n2[C@H]1c1ccc(OC)c(OC)c1. The Balaban J connectivity index is 1.75. The molecule has 1 aromatic heterocycles. The number of benzene rings is 3. The smallest absolute Gasteiger partial charge is 0.321 e. The first kappa shape index (κ1) is 23.4. The molecule has 1 aliphatic rings. The molecular formula is C28H27N3O5. The van der Waals surface area contributed by atoms with E-state index in [9.17, 15) is 9.59 Å². The van der Waals surface area contributed by atoms with Gasteiger partial charge in [-0.15, -0.1) is 0 Å². The molecule has 184 valence electrons. The molecule has 0 fully saturated rings. The first-order valence-corrected chi connectivity index (χ1v) is 11.8. The molecule has 3 aromatic carbocycles. The lowest BCUT2D eigenvalue weighted by molar-refractivity contribution is -0.153. The second-order valence-electron chi connectivity index (χ2n) is 8.47. The second kappa shape index (κ2) is 9.73. The normalized spacial score (nSPS) is 17.1. The van der Waals surface area contributed by atoms with Crippen LogP contribution in [0.2, 0.25) is 0 Å². The van der Waals surface area contributed by atoms with E-state index in [4.69, 9.17) is 19.2 Å². The van der Waals surface area contributed by atoms with Crippen molar-refractivity contribution in [1.82, 2.24) is 9.55 Å². The highest BCUT2D eigenvalue weighted by molar-refractivity contribution is 6.08. The Morgan fingerprint density at radius 3 is 2.39 bits per heavy atom. The Labute approximate surface area is 209 Å². The van der Waals surface area contributed by atoms with E-state index in [1.807, 2.05) is 65.2 Å². The number of para-hydroxylation sites is 2. The summed E-state index contributed by atoms with van der Waals surface area (Å²) in [4.78, 5) is 33.8. The average Bonchev–Trinajstić information content (AvgIpc) is 3.29. The molecular weight excluding hydrogens is 458 g/mol. The van der Waals surface area contributed by atoms with E-state index in [1.54, 1.807) is 38.2 Å². The van der Waals surface area contributed by atoms with Crippen LogP contribution < -0.4 is 14.4 Å². The van der Waals surface area contributed by atoms with Crippen molar-refractivity contribution in [1.29, 1.82) is 0 Å². The summed E-state index contributed by atoms with van der Waals surface area (Å²) < 4.78 is 18.3. The number of carbonyl (C=O) groups is 2. The zero-order valence-electron chi connectivity index (χ0n) is 20.4. The zero-order valence-corrected chi connectivity index (χ0v) is 20.4. The number of methoxy groups -OCH3 is 2. The number of aromatic nitrogens is 2. The number of rotatable bonds is 7. The van der Waals surface area contributed by atoms with E-state index in [0.29, 0.717) is 23.0 Å². The van der Waals surface area contributed by atoms with Crippen LogP contribution in [0.4, 0.5) is 5.95 Å². The summed E-state index contributed by atoms with van der Waals surface area (Å²) in [7, 11) is 3.11. The first-order chi connectivity index (χ1) is 17.6. The summed E-state index contributed by atoms with van der Waals surface area (Å²) in [5, 5.41) is 0. The molecule has 2 atom stereocenters. The molecule has 0 radical (unpaired) electrons. The Kier molecular flexibility index (Phi) is 6.33. The molecule has 0 bridgehead atoms. The number of ether oxygens (including phenoxy) is 3. The first-order valence-electron chi connectivity index (χ1n) is 11.8. The van der Waals surface area contributed by atoms with Crippen LogP contribution in [0.15, 0.2) is 72.8 Å². The fourth-order valence-electron chi connectivity index (χ4n) is 4.80. The highest BCUT2D eigenvalue weighted by atomic mass is 16.5. The van der Waals surface area contributed by atoms with Crippen LogP contribution in [0, 0.1) is 5.92 Å². The molecule has 8 nitrogen and oxygen atoms in total. The number of nitrogens with zero attached hydrogens (tertiary/aromatic N) is 3. The molecule has 0 saturated heterocycles. The third-order valence-corrected chi connectivity index (χ3v) is 6.42. The fourth-order valence-corrected chi connectivity index (χ4v) is 4.80. The minimum Gasteiger partial charge on any atom is -0.493 e. The molecule has 4 aromatic rings. The average molecular weight is 486 g/mol. The fraction of sp³-hybridized carbons (Fsp3) is 0.250. The highest BCUT2D eigenvalue weighted by Gasteiger charge is 2.48. The Morgan fingerprint density at radius 2 is 1.67 bits per heavy atom. The maximum absolute atomic E-state index is 14.1. The minimum atomic E-state index is -1.11. The third-order valence-electron chi connectivity index (χ3n) is 6.42. The van der Waals surface area contributed by atoms with E-state index in [-0.39, 0.29) is 19.1 Å². The number of hydrogen-bond acceptors (Lipinski definition) is 6. The number of imidazole rings is 1. The van der Waals surface area contributed by atoms with Crippen molar-refractivity contribution in [2.75, 3.05) is 25.7 Å². The van der Waals surface area contributed by atoms with Gasteiger partial charge in [0, 0.05) is 0 Å². The lowest BCUT2D eigenvalue weighted by Gasteiger charge is -2.38. The van der Waals surface area contributed by atoms with Gasteiger partial charge in [0.1, 0.15) is 0 Å². The number of fused-ring (bicyclic) bond motifs is 3. The van der Waals surface area contributed by atoms with Crippen molar-refractivity contribution in [3.05, 3.63) is 83.9 Å². The van der Waals surface area contributed by atoms with Gasteiger partial charge in [-0.1, -0.05) is 48.5 Å². The molecule has 36 heavy (non-hydrogen) atoms. The van der Waals surface area contributed by atoms with Crippen LogP contribution in [0.25, 0.3) is 11.0 Å². The molecule has 0 spiro atoms. The van der Waals surface area contributed by atoms with E-state index in [1.165, 1.54) is 0 Å². The molecule has 5 rings (SSSR count). The summed E-state index contributed by atoms with van der Waals surface area (Å²) >= 11 is 0. The molecule has 2 heterocycles. The van der Waals surface area contributed by atoms with Gasteiger partial charge in [-0.25, -0.2) is 4.98 Å². The lowest BCUT2D eigenvalue weighted by atomic mass is 9.89. The van der Waals surface area contributed by atoms with Gasteiger partial charge >= 0.3 is 5.97 Å². The zero-order chi connectivity index (χ0) is 25.2. The predicted molar refractivity (Wildman–Crippen MR) is 135 cm³/mol. The largest absolute Gasteiger partial charge is 0.493 e. The molecule has 0 saturated carbocycles. The van der Waals surface area contributed by atoms with E-state index in [2.05, 4.69) is 0 Å². The maximum atomic E-state index is 14.1. The van der Waals surface area contributed by atoms with Crippen molar-refractivity contribution in [3.8, 4) is 11.5 Å². The van der Waals surface area contributed by atoms with Crippen molar-refractivity contribution in [2.24, 2.45) is 5.92 Å². The molecule has 1 aliphatic heterocycles. The van der Waals surface area contributed by atoms with Crippen LogP contribution >= 0.6 is 0 Å². The minimum absolute atomic E-state index is 0.164. The summed E-state index contributed by atoms with van der Waals surface area (Å²) in [6.45, 7) is 2.17. The van der Waals surface area contributed by atoms with Crippen molar-refractivity contribution >= 4 is 28.9 Å². The summed E-state index contributed by atoms with van der Waals surface area (Å²) in [6, 6.07) is 22.0. The summed E-state index contributed by atoms with van der Waals surface area (Å²) in [5.41, 5.74) is 3.18. The van der Waals surface area contributed by atoms with Crippen LogP contribution in [-0.2, 0) is 20.9 Å². The quantitative estimate of drug-likeness (QED) is 0.286. The van der Waals surface area contributed by atoms with Crippen LogP contribution in [0.1, 0.15) is 24.1 Å². The van der Waals surface area contributed by atoms with Crippen molar-refractivity contribution < 1.29 is 23.8 Å². The standard InChI is InChI=1S/C28H27N3O5/c1-4-36-27(33)24-25(19-14-15-22(34-2)23(16-19)35-3)31-21-13-9-8-12-20(21)29-28(31)30(26(24)32)17-18-10-6-5-7-11-18/h5-16,24-25H,4,17H2,1-3H3/t24-,25+/m1/s1. The van der Waals surface area contributed by atoms with Gasteiger partial charge in [0.05, 0.1) is 44.4 Å². The highest BCUT2D eigenvalue weighted by Crippen LogP contribution is 2.43. The number of carbonyl (C=O) groups excluding carboxylic acids is 2. The molecule has 8 heteroatoms. The molecule has 1 amide bonds. The van der Waals surface area contributed by atoms with E-state index < -0.39 is 17.9 Å². The summed E-state index contributed by atoms with van der Waals surface area (Å²) in [6.07, 6.45) is 0. The molecule has 0 aliphatic carbocycles. The number of hydrogen-bond donors (Lipinski definition) is 0. The number of anilines is 1. The number of esters is 1. The van der Waals surface area contributed by atoms with E-state index >= 15 is 0 Å². The lowest BCUT2D eigenvalue weighted by Crippen LogP contribution is -2.49. The third kappa shape index (κ3) is 3.94. The van der Waals surface area contributed by atoms with Crippen LogP contribution in [0.3, 0.4) is 0 Å². The van der Waals surface area contributed by atoms with Crippen molar-refractivity contribution in [3.63, 3.8) is 0 Å². The van der Waals surface area contributed by atoms with E-state index in [0.717, 1.165) is 16.6 Å². The van der Waals surface area contributed by atoms with Gasteiger partial charge in [-0.05, 0) is 42.3 Å². The molecule has 0 N–H and O–H groups in total. The predicted octanol–water partition coefficient (Wildman–Crippen LogP) is 4.37. The Bertz CT molecular complexity index is 1420.